The van der Waals surface area contributed by atoms with Crippen molar-refractivity contribution in [1.29, 1.82) is 0 Å². The van der Waals surface area contributed by atoms with Gasteiger partial charge < -0.3 is 9.47 Å². The number of benzene rings is 2. The van der Waals surface area contributed by atoms with E-state index in [4.69, 9.17) is 9.47 Å². The van der Waals surface area contributed by atoms with Gasteiger partial charge in [0.05, 0.1) is 19.8 Å². The summed E-state index contributed by atoms with van der Waals surface area (Å²) < 4.78 is 10.9. The molecule has 3 aromatic rings. The fraction of sp³-hybridized carbons (Fsp3) is 0.125. The molecule has 3 heteroatoms. The molecule has 0 fully saturated rings. The Kier molecular flexibility index (Phi) is 5.72. The van der Waals surface area contributed by atoms with Crippen LogP contribution in [0.1, 0.15) is 22.3 Å². The van der Waals surface area contributed by atoms with Crippen LogP contribution in [0, 0.1) is 6.92 Å². The maximum Gasteiger partial charge on any atom is 0.130 e. The molecular formula is C24H23NO2. The van der Waals surface area contributed by atoms with Gasteiger partial charge in [-0.1, -0.05) is 55.1 Å². The summed E-state index contributed by atoms with van der Waals surface area (Å²) in [5.41, 5.74) is 6.39. The first kappa shape index (κ1) is 18.5. The third-order valence-corrected chi connectivity index (χ3v) is 4.56. The first-order chi connectivity index (χ1) is 13.2. The first-order valence-electron chi connectivity index (χ1n) is 8.74. The second-order valence-corrected chi connectivity index (χ2v) is 6.14. The molecule has 27 heavy (non-hydrogen) atoms. The maximum absolute atomic E-state index is 5.47. The summed E-state index contributed by atoms with van der Waals surface area (Å²) in [4.78, 5) is 4.42. The van der Waals surface area contributed by atoms with Crippen molar-refractivity contribution >= 4 is 18.2 Å². The molecule has 0 atom stereocenters. The topological polar surface area (TPSA) is 31.4 Å². The molecule has 0 radical (unpaired) electrons. The van der Waals surface area contributed by atoms with Crippen LogP contribution in [0.2, 0.25) is 0 Å². The second-order valence-electron chi connectivity index (χ2n) is 6.14. The minimum atomic E-state index is 0.733. The van der Waals surface area contributed by atoms with Crippen molar-refractivity contribution in [1.82, 2.24) is 4.98 Å². The molecule has 2 aromatic carbocycles. The van der Waals surface area contributed by atoms with E-state index in [0.29, 0.717) is 0 Å². The minimum Gasteiger partial charge on any atom is -0.496 e. The van der Waals surface area contributed by atoms with Gasteiger partial charge in [-0.2, -0.15) is 0 Å². The lowest BCUT2D eigenvalue weighted by Gasteiger charge is -2.12. The van der Waals surface area contributed by atoms with E-state index in [1.165, 1.54) is 5.56 Å². The molecule has 136 valence electrons. The average Bonchev–Trinajstić information content (AvgIpc) is 2.72. The van der Waals surface area contributed by atoms with Crippen LogP contribution in [0.15, 0.2) is 61.4 Å². The van der Waals surface area contributed by atoms with E-state index < -0.39 is 0 Å². The van der Waals surface area contributed by atoms with E-state index in [0.717, 1.165) is 39.3 Å². The normalized spacial score (nSPS) is 10.8. The van der Waals surface area contributed by atoms with Crippen molar-refractivity contribution in [3.8, 4) is 22.6 Å². The second kappa shape index (κ2) is 8.37. The summed E-state index contributed by atoms with van der Waals surface area (Å²) in [6.07, 6.45) is 9.63. The molecule has 1 aromatic heterocycles. The Balaban J connectivity index is 1.99. The average molecular weight is 357 g/mol. The highest BCUT2D eigenvalue weighted by molar-refractivity contribution is 5.78. The Morgan fingerprint density at radius 1 is 0.926 bits per heavy atom. The van der Waals surface area contributed by atoms with E-state index in [9.17, 15) is 0 Å². The van der Waals surface area contributed by atoms with Gasteiger partial charge in [-0.3, -0.25) is 4.98 Å². The lowest BCUT2D eigenvalue weighted by molar-refractivity contribution is 0.392. The molecule has 0 saturated heterocycles. The molecule has 1 heterocycles. The standard InChI is InChI=1S/C24H23NO2/c1-5-21-23(26-3)13-18(14-24(21)27-4)11-12-20-15-25-16-22(17(20)2)19-9-7-6-8-10-19/h5-16H,1H2,2-4H3/b12-11+. The third kappa shape index (κ3) is 3.93. The zero-order valence-electron chi connectivity index (χ0n) is 15.9. The summed E-state index contributed by atoms with van der Waals surface area (Å²) in [6.45, 7) is 5.95. The summed E-state index contributed by atoms with van der Waals surface area (Å²) in [6, 6.07) is 14.2. The van der Waals surface area contributed by atoms with Crippen LogP contribution in [0.4, 0.5) is 0 Å². The summed E-state index contributed by atoms with van der Waals surface area (Å²) >= 11 is 0. The van der Waals surface area contributed by atoms with Crippen LogP contribution in [-0.4, -0.2) is 19.2 Å². The number of hydrogen-bond acceptors (Lipinski definition) is 3. The van der Waals surface area contributed by atoms with Gasteiger partial charge in [0.15, 0.2) is 0 Å². The van der Waals surface area contributed by atoms with E-state index in [1.54, 1.807) is 20.3 Å². The van der Waals surface area contributed by atoms with E-state index >= 15 is 0 Å². The number of aromatic nitrogens is 1. The molecule has 3 nitrogen and oxygen atoms in total. The Labute approximate surface area is 160 Å². The van der Waals surface area contributed by atoms with Gasteiger partial charge >= 0.3 is 0 Å². The van der Waals surface area contributed by atoms with Crippen molar-refractivity contribution in [3.63, 3.8) is 0 Å². The molecule has 0 unspecified atom stereocenters. The summed E-state index contributed by atoms with van der Waals surface area (Å²) in [5.74, 6) is 1.47. The lowest BCUT2D eigenvalue weighted by Crippen LogP contribution is -1.93. The molecule has 0 aliphatic carbocycles. The Bertz CT molecular complexity index is 950. The van der Waals surface area contributed by atoms with Gasteiger partial charge in [-0.25, -0.2) is 0 Å². The highest BCUT2D eigenvalue weighted by atomic mass is 16.5. The van der Waals surface area contributed by atoms with Crippen LogP contribution in [0.25, 0.3) is 29.4 Å². The number of methoxy groups -OCH3 is 2. The maximum atomic E-state index is 5.47. The highest BCUT2D eigenvalue weighted by Crippen LogP contribution is 2.32. The molecule has 0 bridgehead atoms. The van der Waals surface area contributed by atoms with Crippen molar-refractivity contribution < 1.29 is 9.47 Å². The number of pyridine rings is 1. The molecule has 0 saturated carbocycles. The van der Waals surface area contributed by atoms with Gasteiger partial charge in [0, 0.05) is 18.0 Å². The monoisotopic (exact) mass is 357 g/mol. The zero-order valence-corrected chi connectivity index (χ0v) is 15.9. The molecule has 0 aliphatic heterocycles. The smallest absolute Gasteiger partial charge is 0.130 e. The summed E-state index contributed by atoms with van der Waals surface area (Å²) in [7, 11) is 3.29. The molecule has 0 spiro atoms. The quantitative estimate of drug-likeness (QED) is 0.551. The largest absolute Gasteiger partial charge is 0.496 e. The molecular weight excluding hydrogens is 334 g/mol. The zero-order chi connectivity index (χ0) is 19.2. The van der Waals surface area contributed by atoms with Gasteiger partial charge in [-0.15, -0.1) is 0 Å². The number of ether oxygens (including phenoxy) is 2. The molecule has 0 aliphatic rings. The van der Waals surface area contributed by atoms with E-state index in [1.807, 2.05) is 48.8 Å². The Morgan fingerprint density at radius 3 is 2.19 bits per heavy atom. The number of rotatable bonds is 6. The lowest BCUT2D eigenvalue weighted by atomic mass is 9.98. The minimum absolute atomic E-state index is 0.733. The predicted octanol–water partition coefficient (Wildman–Crippen LogP) is 5.89. The number of nitrogens with zero attached hydrogens (tertiary/aromatic N) is 1. The van der Waals surface area contributed by atoms with Crippen LogP contribution in [0.3, 0.4) is 0 Å². The highest BCUT2D eigenvalue weighted by Gasteiger charge is 2.09. The SMILES string of the molecule is C=Cc1c(OC)cc(/C=C/c2cncc(-c3ccccc3)c2C)cc1OC. The molecule has 0 N–H and O–H groups in total. The van der Waals surface area contributed by atoms with Crippen molar-refractivity contribution in [3.05, 3.63) is 83.7 Å². The van der Waals surface area contributed by atoms with E-state index in [2.05, 4.69) is 36.7 Å². The Morgan fingerprint density at radius 2 is 1.59 bits per heavy atom. The van der Waals surface area contributed by atoms with Gasteiger partial charge in [0.25, 0.3) is 0 Å². The van der Waals surface area contributed by atoms with Crippen LogP contribution in [0.5, 0.6) is 11.5 Å². The van der Waals surface area contributed by atoms with Gasteiger partial charge in [0.2, 0.25) is 0 Å². The van der Waals surface area contributed by atoms with Crippen molar-refractivity contribution in [2.45, 2.75) is 6.92 Å². The molecule has 3 rings (SSSR count). The summed E-state index contributed by atoms with van der Waals surface area (Å²) in [5, 5.41) is 0. The predicted molar refractivity (Wildman–Crippen MR) is 113 cm³/mol. The van der Waals surface area contributed by atoms with E-state index in [-0.39, 0.29) is 0 Å². The van der Waals surface area contributed by atoms with Gasteiger partial charge in [-0.05, 0) is 41.3 Å². The van der Waals surface area contributed by atoms with Crippen molar-refractivity contribution in [2.75, 3.05) is 14.2 Å². The number of hydrogen-bond donors (Lipinski definition) is 0. The Hall–Kier alpha value is -3.33. The van der Waals surface area contributed by atoms with Crippen LogP contribution < -0.4 is 9.47 Å². The van der Waals surface area contributed by atoms with Gasteiger partial charge in [0.1, 0.15) is 11.5 Å². The van der Waals surface area contributed by atoms with Crippen LogP contribution in [-0.2, 0) is 0 Å². The first-order valence-corrected chi connectivity index (χ1v) is 8.74. The third-order valence-electron chi connectivity index (χ3n) is 4.56. The fourth-order valence-electron chi connectivity index (χ4n) is 3.06. The molecule has 0 amide bonds. The fourth-order valence-corrected chi connectivity index (χ4v) is 3.06. The van der Waals surface area contributed by atoms with Crippen LogP contribution >= 0.6 is 0 Å². The van der Waals surface area contributed by atoms with Crippen molar-refractivity contribution in [2.24, 2.45) is 0 Å².